The first-order chi connectivity index (χ1) is 13.5. The van der Waals surface area contributed by atoms with Crippen molar-refractivity contribution in [3.8, 4) is 5.82 Å². The van der Waals surface area contributed by atoms with Crippen molar-refractivity contribution in [2.45, 2.75) is 26.8 Å². The molecule has 1 fully saturated rings. The quantitative estimate of drug-likeness (QED) is 0.702. The molecule has 0 spiro atoms. The minimum atomic E-state index is -2.32. The Labute approximate surface area is 164 Å². The number of nitrogens with one attached hydrogen (secondary N) is 1. The lowest BCUT2D eigenvalue weighted by atomic mass is 10.2. The van der Waals surface area contributed by atoms with Gasteiger partial charge < -0.3 is 9.64 Å². The summed E-state index contributed by atoms with van der Waals surface area (Å²) in [4.78, 5) is 7.08. The first-order valence-corrected chi connectivity index (χ1v) is 11.4. The van der Waals surface area contributed by atoms with E-state index in [0.29, 0.717) is 41.9 Å². The van der Waals surface area contributed by atoms with E-state index in [2.05, 4.69) is 31.5 Å². The third kappa shape index (κ3) is 3.37. The van der Waals surface area contributed by atoms with Crippen LogP contribution in [0.15, 0.2) is 28.9 Å². The first-order valence-electron chi connectivity index (χ1n) is 9.50. The van der Waals surface area contributed by atoms with Crippen LogP contribution in [0.4, 0.5) is 11.5 Å². The molecule has 0 radical (unpaired) electrons. The topological polar surface area (TPSA) is 101 Å². The Balaban J connectivity index is 1.95. The van der Waals surface area contributed by atoms with Crippen LogP contribution in [0.3, 0.4) is 0 Å². The zero-order chi connectivity index (χ0) is 19.7. The van der Waals surface area contributed by atoms with E-state index in [9.17, 15) is 4.21 Å². The van der Waals surface area contributed by atoms with Crippen molar-refractivity contribution < 1.29 is 8.95 Å². The van der Waals surface area contributed by atoms with Gasteiger partial charge >= 0.3 is 0 Å². The van der Waals surface area contributed by atoms with Crippen LogP contribution in [-0.4, -0.2) is 66.5 Å². The Hall–Kier alpha value is -2.46. The molecule has 4 rings (SSSR count). The Kier molecular flexibility index (Phi) is 5.07. The smallest absolute Gasteiger partial charge is 0.169 e. The highest BCUT2D eigenvalue weighted by molar-refractivity contribution is 7.93. The molecule has 1 aliphatic rings. The minimum absolute atomic E-state index is 0.191. The zero-order valence-electron chi connectivity index (χ0n) is 16.3. The SMILES string of the molecule is CCS(=O)(CC)=Nc1cc(N2CCOC[C@H]2C)nc2c1cnn2-c1ccn[nH]1. The van der Waals surface area contributed by atoms with Crippen molar-refractivity contribution in [3.05, 3.63) is 24.5 Å². The number of aromatic amines is 1. The maximum Gasteiger partial charge on any atom is 0.169 e. The summed E-state index contributed by atoms with van der Waals surface area (Å²) in [6, 6.07) is 3.95. The number of nitrogens with zero attached hydrogens (tertiary/aromatic N) is 6. The molecule has 10 heteroatoms. The lowest BCUT2D eigenvalue weighted by Gasteiger charge is -2.34. The molecule has 9 nitrogen and oxygen atoms in total. The third-order valence-corrected chi connectivity index (χ3v) is 7.38. The fraction of sp³-hybridized carbons (Fsp3) is 0.500. The van der Waals surface area contributed by atoms with Crippen molar-refractivity contribution in [3.63, 3.8) is 0 Å². The van der Waals surface area contributed by atoms with E-state index in [1.165, 1.54) is 0 Å². The van der Waals surface area contributed by atoms with Gasteiger partial charge in [0.25, 0.3) is 0 Å². The number of pyridine rings is 1. The van der Waals surface area contributed by atoms with Gasteiger partial charge in [-0.1, -0.05) is 13.8 Å². The van der Waals surface area contributed by atoms with Crippen molar-refractivity contribution in [1.82, 2.24) is 25.0 Å². The molecular formula is C18H25N7O2S. The van der Waals surface area contributed by atoms with Crippen LogP contribution in [0.25, 0.3) is 16.9 Å². The van der Waals surface area contributed by atoms with E-state index < -0.39 is 9.73 Å². The monoisotopic (exact) mass is 403 g/mol. The average Bonchev–Trinajstić information content (AvgIpc) is 3.37. The van der Waals surface area contributed by atoms with Gasteiger partial charge in [0.15, 0.2) is 11.5 Å². The van der Waals surface area contributed by atoms with Gasteiger partial charge in [0.05, 0.1) is 52.5 Å². The van der Waals surface area contributed by atoms with Gasteiger partial charge in [0.2, 0.25) is 0 Å². The van der Waals surface area contributed by atoms with Crippen molar-refractivity contribution in [1.29, 1.82) is 0 Å². The number of rotatable bonds is 5. The second-order valence-corrected chi connectivity index (χ2v) is 9.68. The van der Waals surface area contributed by atoms with Crippen LogP contribution in [0.2, 0.25) is 0 Å². The molecule has 28 heavy (non-hydrogen) atoms. The number of fused-ring (bicyclic) bond motifs is 1. The van der Waals surface area contributed by atoms with Crippen molar-refractivity contribution >= 4 is 32.3 Å². The fourth-order valence-electron chi connectivity index (χ4n) is 3.32. The number of hydrogen-bond donors (Lipinski definition) is 1. The normalized spacial score (nSPS) is 18.0. The second-order valence-electron chi connectivity index (χ2n) is 6.79. The summed E-state index contributed by atoms with van der Waals surface area (Å²) in [7, 11) is -2.32. The lowest BCUT2D eigenvalue weighted by Crippen LogP contribution is -2.44. The molecule has 1 saturated heterocycles. The van der Waals surface area contributed by atoms with Crippen LogP contribution >= 0.6 is 0 Å². The van der Waals surface area contributed by atoms with E-state index in [-0.39, 0.29) is 6.04 Å². The van der Waals surface area contributed by atoms with Gasteiger partial charge in [-0.2, -0.15) is 19.2 Å². The third-order valence-electron chi connectivity index (χ3n) is 5.05. The van der Waals surface area contributed by atoms with E-state index in [0.717, 1.165) is 17.7 Å². The molecule has 150 valence electrons. The fourth-order valence-corrected chi connectivity index (χ4v) is 4.49. The minimum Gasteiger partial charge on any atom is -0.377 e. The molecule has 0 unspecified atom stereocenters. The Bertz CT molecular complexity index is 1070. The summed E-state index contributed by atoms with van der Waals surface area (Å²) in [5, 5.41) is 12.2. The predicted molar refractivity (Wildman–Crippen MR) is 110 cm³/mol. The number of morpholine rings is 1. The summed E-state index contributed by atoms with van der Waals surface area (Å²) in [6.07, 6.45) is 3.39. The Morgan fingerprint density at radius 3 is 2.89 bits per heavy atom. The van der Waals surface area contributed by atoms with Gasteiger partial charge in [-0.15, -0.1) is 0 Å². The van der Waals surface area contributed by atoms with Crippen LogP contribution in [0, 0.1) is 0 Å². The molecular weight excluding hydrogens is 378 g/mol. The van der Waals surface area contributed by atoms with E-state index >= 15 is 0 Å². The van der Waals surface area contributed by atoms with Crippen LogP contribution in [0.1, 0.15) is 20.8 Å². The molecule has 1 aliphatic heterocycles. The van der Waals surface area contributed by atoms with Crippen LogP contribution in [0.5, 0.6) is 0 Å². The highest BCUT2D eigenvalue weighted by Gasteiger charge is 2.23. The largest absolute Gasteiger partial charge is 0.377 e. The molecule has 0 aromatic carbocycles. The molecule has 1 N–H and O–H groups in total. The summed E-state index contributed by atoms with van der Waals surface area (Å²) in [5.74, 6) is 2.51. The molecule has 3 aromatic heterocycles. The molecule has 0 saturated carbocycles. The second kappa shape index (κ2) is 7.51. The van der Waals surface area contributed by atoms with Crippen molar-refractivity contribution in [2.24, 2.45) is 4.36 Å². The number of ether oxygens (including phenoxy) is 1. The van der Waals surface area contributed by atoms with Gasteiger partial charge in [0.1, 0.15) is 5.82 Å². The first kappa shape index (κ1) is 18.9. The molecule has 0 aliphatic carbocycles. The number of H-pyrrole nitrogens is 1. The summed E-state index contributed by atoms with van der Waals surface area (Å²) < 4.78 is 25.0. The van der Waals surface area contributed by atoms with Gasteiger partial charge in [-0.3, -0.25) is 5.10 Å². The van der Waals surface area contributed by atoms with Gasteiger partial charge in [-0.25, -0.2) is 9.19 Å². The summed E-state index contributed by atoms with van der Waals surface area (Å²) in [5.41, 5.74) is 1.33. The zero-order valence-corrected chi connectivity index (χ0v) is 17.1. The Morgan fingerprint density at radius 1 is 1.39 bits per heavy atom. The standard InChI is InChI=1S/C18H25N7O2S/c1-4-28(26,5-2)23-15-10-17(24-8-9-27-12-13(24)3)21-18-14(15)11-20-25(18)16-6-7-19-22-16/h6-7,10-11,13H,4-5,8-9,12H2,1-3H3,(H,19,22)/t13-/m1/s1. The highest BCUT2D eigenvalue weighted by atomic mass is 32.2. The van der Waals surface area contributed by atoms with E-state index in [4.69, 9.17) is 9.72 Å². The Morgan fingerprint density at radius 2 is 2.21 bits per heavy atom. The lowest BCUT2D eigenvalue weighted by molar-refractivity contribution is 0.0985. The van der Waals surface area contributed by atoms with Crippen LogP contribution < -0.4 is 4.90 Å². The molecule has 0 amide bonds. The molecule has 3 aromatic rings. The number of hydrogen-bond acceptors (Lipinski definition) is 7. The van der Waals surface area contributed by atoms with Gasteiger partial charge in [-0.05, 0) is 6.92 Å². The van der Waals surface area contributed by atoms with Crippen LogP contribution in [-0.2, 0) is 14.5 Å². The average molecular weight is 404 g/mol. The maximum absolute atomic E-state index is 13.1. The van der Waals surface area contributed by atoms with Crippen molar-refractivity contribution in [2.75, 3.05) is 36.2 Å². The number of anilines is 1. The maximum atomic E-state index is 13.1. The highest BCUT2D eigenvalue weighted by Crippen LogP contribution is 2.32. The summed E-state index contributed by atoms with van der Waals surface area (Å²) >= 11 is 0. The predicted octanol–water partition coefficient (Wildman–Crippen LogP) is 2.51. The van der Waals surface area contributed by atoms with Gasteiger partial charge in [0, 0.05) is 30.2 Å². The van der Waals surface area contributed by atoms with E-state index in [1.807, 2.05) is 26.0 Å². The molecule has 4 heterocycles. The molecule has 1 atom stereocenters. The van der Waals surface area contributed by atoms with E-state index in [1.54, 1.807) is 17.1 Å². The number of aromatic nitrogens is 5. The molecule has 0 bridgehead atoms. The summed E-state index contributed by atoms with van der Waals surface area (Å²) in [6.45, 7) is 7.96.